The maximum absolute atomic E-state index is 12.2. The fourth-order valence-corrected chi connectivity index (χ4v) is 1.41. The molecule has 0 saturated heterocycles. The standard InChI is InChI=1S/C9H11F3N2O2/c1-4(2)6(5(3)15)7-13-8(14-16-7)9(10,11)12/h4,6H,1-3H3. The Morgan fingerprint density at radius 1 is 1.38 bits per heavy atom. The number of hydrogen-bond donors (Lipinski definition) is 0. The van der Waals surface area contributed by atoms with Crippen LogP contribution in [-0.2, 0) is 11.0 Å². The summed E-state index contributed by atoms with van der Waals surface area (Å²) in [7, 11) is 0. The highest BCUT2D eigenvalue weighted by molar-refractivity contribution is 5.82. The number of carbonyl (C=O) groups is 1. The van der Waals surface area contributed by atoms with Crippen molar-refractivity contribution >= 4 is 5.78 Å². The van der Waals surface area contributed by atoms with Gasteiger partial charge in [-0.1, -0.05) is 19.0 Å². The molecule has 90 valence electrons. The second-order valence-corrected chi connectivity index (χ2v) is 3.79. The van der Waals surface area contributed by atoms with Crippen LogP contribution in [0.5, 0.6) is 0 Å². The lowest BCUT2D eigenvalue weighted by molar-refractivity contribution is -0.146. The van der Waals surface area contributed by atoms with Gasteiger partial charge in [-0.3, -0.25) is 4.79 Å². The van der Waals surface area contributed by atoms with E-state index in [1.54, 1.807) is 13.8 Å². The summed E-state index contributed by atoms with van der Waals surface area (Å²) in [5.41, 5.74) is 0. The van der Waals surface area contributed by atoms with Crippen LogP contribution < -0.4 is 0 Å². The monoisotopic (exact) mass is 236 g/mol. The maximum atomic E-state index is 12.2. The zero-order valence-electron chi connectivity index (χ0n) is 9.00. The normalized spacial score (nSPS) is 14.2. The molecule has 0 bridgehead atoms. The highest BCUT2D eigenvalue weighted by Gasteiger charge is 2.39. The second-order valence-electron chi connectivity index (χ2n) is 3.79. The van der Waals surface area contributed by atoms with E-state index in [1.165, 1.54) is 6.92 Å². The van der Waals surface area contributed by atoms with Crippen molar-refractivity contribution in [3.05, 3.63) is 11.7 Å². The van der Waals surface area contributed by atoms with Crippen molar-refractivity contribution in [2.45, 2.75) is 32.9 Å². The van der Waals surface area contributed by atoms with Gasteiger partial charge in [-0.25, -0.2) is 0 Å². The molecule has 0 radical (unpaired) electrons. The molecular formula is C9H11F3N2O2. The third kappa shape index (κ3) is 2.59. The predicted octanol–water partition coefficient (Wildman–Crippen LogP) is 2.42. The summed E-state index contributed by atoms with van der Waals surface area (Å²) in [4.78, 5) is 14.4. The molecule has 0 aliphatic heterocycles. The zero-order valence-corrected chi connectivity index (χ0v) is 9.00. The van der Waals surface area contributed by atoms with Gasteiger partial charge in [0.2, 0.25) is 5.89 Å². The van der Waals surface area contributed by atoms with E-state index in [4.69, 9.17) is 0 Å². The van der Waals surface area contributed by atoms with Crippen molar-refractivity contribution in [2.24, 2.45) is 5.92 Å². The van der Waals surface area contributed by atoms with E-state index in [2.05, 4.69) is 14.7 Å². The molecule has 0 fully saturated rings. The number of carbonyl (C=O) groups excluding carboxylic acids is 1. The van der Waals surface area contributed by atoms with Crippen molar-refractivity contribution in [3.63, 3.8) is 0 Å². The fraction of sp³-hybridized carbons (Fsp3) is 0.667. The van der Waals surface area contributed by atoms with Crippen LogP contribution in [0.25, 0.3) is 0 Å². The van der Waals surface area contributed by atoms with Gasteiger partial charge in [-0.05, 0) is 12.8 Å². The molecule has 1 heterocycles. The largest absolute Gasteiger partial charge is 0.455 e. The van der Waals surface area contributed by atoms with E-state index >= 15 is 0 Å². The maximum Gasteiger partial charge on any atom is 0.455 e. The molecule has 0 aliphatic carbocycles. The topological polar surface area (TPSA) is 56.0 Å². The van der Waals surface area contributed by atoms with Crippen molar-refractivity contribution in [3.8, 4) is 0 Å². The molecule has 1 unspecified atom stereocenters. The Balaban J connectivity index is 3.04. The minimum absolute atomic E-state index is 0.195. The molecule has 1 aromatic heterocycles. The second kappa shape index (κ2) is 4.23. The molecule has 1 atom stereocenters. The van der Waals surface area contributed by atoms with Crippen LogP contribution in [0.1, 0.15) is 38.4 Å². The molecule has 0 N–H and O–H groups in total. The van der Waals surface area contributed by atoms with Gasteiger partial charge in [0.1, 0.15) is 5.78 Å². The molecule has 1 aromatic rings. The Morgan fingerprint density at radius 2 is 1.94 bits per heavy atom. The van der Waals surface area contributed by atoms with Gasteiger partial charge in [0.25, 0.3) is 5.82 Å². The van der Waals surface area contributed by atoms with Gasteiger partial charge in [0.05, 0.1) is 5.92 Å². The quantitative estimate of drug-likeness (QED) is 0.808. The summed E-state index contributed by atoms with van der Waals surface area (Å²) in [5, 5.41) is 2.81. The first-order chi connectivity index (χ1) is 7.23. The van der Waals surface area contributed by atoms with Crippen LogP contribution in [-0.4, -0.2) is 15.9 Å². The Bertz CT molecular complexity index is 384. The van der Waals surface area contributed by atoms with E-state index in [-0.39, 0.29) is 17.6 Å². The Kier molecular flexibility index (Phi) is 3.35. The van der Waals surface area contributed by atoms with Crippen molar-refractivity contribution in [2.75, 3.05) is 0 Å². The van der Waals surface area contributed by atoms with Crippen molar-refractivity contribution in [1.82, 2.24) is 10.1 Å². The van der Waals surface area contributed by atoms with Gasteiger partial charge < -0.3 is 4.52 Å². The molecule has 0 amide bonds. The lowest BCUT2D eigenvalue weighted by Gasteiger charge is -2.12. The first-order valence-corrected chi connectivity index (χ1v) is 4.64. The minimum Gasteiger partial charge on any atom is -0.338 e. The predicted molar refractivity (Wildman–Crippen MR) is 47.6 cm³/mol. The number of hydrogen-bond acceptors (Lipinski definition) is 4. The Morgan fingerprint density at radius 3 is 2.25 bits per heavy atom. The molecule has 1 rings (SSSR count). The summed E-state index contributed by atoms with van der Waals surface area (Å²) >= 11 is 0. The molecule has 7 heteroatoms. The third-order valence-electron chi connectivity index (χ3n) is 2.07. The van der Waals surface area contributed by atoms with E-state index < -0.39 is 17.9 Å². The SMILES string of the molecule is CC(=O)C(c1nc(C(F)(F)F)no1)C(C)C. The van der Waals surface area contributed by atoms with Crippen LogP contribution in [0.4, 0.5) is 13.2 Å². The highest BCUT2D eigenvalue weighted by atomic mass is 19.4. The average Bonchev–Trinajstić information content (AvgIpc) is 2.50. The lowest BCUT2D eigenvalue weighted by Crippen LogP contribution is -2.16. The number of Topliss-reactive ketones (excluding diaryl/α,β-unsaturated/α-hetero) is 1. The Labute approximate surface area is 89.8 Å². The molecule has 0 saturated carbocycles. The summed E-state index contributed by atoms with van der Waals surface area (Å²) in [6, 6.07) is 0. The van der Waals surface area contributed by atoms with Crippen molar-refractivity contribution in [1.29, 1.82) is 0 Å². The molecule has 0 aliphatic rings. The number of nitrogens with zero attached hydrogens (tertiary/aromatic N) is 2. The number of ketones is 1. The molecule has 16 heavy (non-hydrogen) atoms. The van der Waals surface area contributed by atoms with Crippen LogP contribution in [0.15, 0.2) is 4.52 Å². The first-order valence-electron chi connectivity index (χ1n) is 4.64. The molecule has 0 spiro atoms. The van der Waals surface area contributed by atoms with Gasteiger partial charge >= 0.3 is 6.18 Å². The van der Waals surface area contributed by atoms with E-state index in [9.17, 15) is 18.0 Å². The van der Waals surface area contributed by atoms with Crippen LogP contribution in [0.2, 0.25) is 0 Å². The van der Waals surface area contributed by atoms with Crippen LogP contribution in [0.3, 0.4) is 0 Å². The smallest absolute Gasteiger partial charge is 0.338 e. The highest BCUT2D eigenvalue weighted by Crippen LogP contribution is 2.30. The number of rotatable bonds is 3. The van der Waals surface area contributed by atoms with E-state index in [1.807, 2.05) is 0 Å². The summed E-state index contributed by atoms with van der Waals surface area (Å²) in [5.74, 6) is -2.92. The average molecular weight is 236 g/mol. The fourth-order valence-electron chi connectivity index (χ4n) is 1.41. The summed E-state index contributed by atoms with van der Waals surface area (Å²) in [6.45, 7) is 4.68. The van der Waals surface area contributed by atoms with Crippen molar-refractivity contribution < 1.29 is 22.5 Å². The van der Waals surface area contributed by atoms with E-state index in [0.29, 0.717) is 0 Å². The van der Waals surface area contributed by atoms with Crippen LogP contribution >= 0.6 is 0 Å². The van der Waals surface area contributed by atoms with Gasteiger partial charge in [-0.15, -0.1) is 0 Å². The zero-order chi connectivity index (χ0) is 12.5. The lowest BCUT2D eigenvalue weighted by atomic mass is 9.92. The first kappa shape index (κ1) is 12.7. The van der Waals surface area contributed by atoms with Gasteiger partial charge in [0, 0.05) is 0 Å². The van der Waals surface area contributed by atoms with E-state index in [0.717, 1.165) is 0 Å². The molecule has 4 nitrogen and oxygen atoms in total. The number of halogens is 3. The minimum atomic E-state index is -4.65. The van der Waals surface area contributed by atoms with Gasteiger partial charge in [0.15, 0.2) is 0 Å². The Hall–Kier alpha value is -1.40. The third-order valence-corrected chi connectivity index (χ3v) is 2.07. The summed E-state index contributed by atoms with van der Waals surface area (Å²) in [6.07, 6.45) is -4.65. The number of alkyl halides is 3. The summed E-state index contributed by atoms with van der Waals surface area (Å²) < 4.78 is 41.1. The molecule has 0 aromatic carbocycles. The molecular weight excluding hydrogens is 225 g/mol. The van der Waals surface area contributed by atoms with Crippen LogP contribution in [0, 0.1) is 5.92 Å². The number of aromatic nitrogens is 2. The van der Waals surface area contributed by atoms with Gasteiger partial charge in [-0.2, -0.15) is 18.2 Å².